The highest BCUT2D eigenvalue weighted by atomic mass is 16.2. The van der Waals surface area contributed by atoms with E-state index in [0.29, 0.717) is 31.5 Å². The maximum Gasteiger partial charge on any atom is 0.327 e. The zero-order chi connectivity index (χ0) is 20.0. The van der Waals surface area contributed by atoms with Crippen LogP contribution in [0.1, 0.15) is 36.0 Å². The van der Waals surface area contributed by atoms with Crippen LogP contribution >= 0.6 is 0 Å². The number of imide groups is 1. The van der Waals surface area contributed by atoms with Crippen molar-refractivity contribution in [3.63, 3.8) is 0 Å². The highest BCUT2D eigenvalue weighted by molar-refractivity contribution is 6.02. The molecule has 8 heteroatoms. The molecule has 1 aromatic carbocycles. The van der Waals surface area contributed by atoms with E-state index in [2.05, 4.69) is 5.10 Å². The molecule has 5 rings (SSSR count). The summed E-state index contributed by atoms with van der Waals surface area (Å²) in [5, 5.41) is 4.21. The number of likely N-dealkylation sites (tertiary alicyclic amines) is 1. The Bertz CT molecular complexity index is 945. The molecule has 150 valence electrons. The van der Waals surface area contributed by atoms with Gasteiger partial charge in [0.25, 0.3) is 11.8 Å². The van der Waals surface area contributed by atoms with E-state index in [1.54, 1.807) is 15.8 Å². The first-order valence-electron chi connectivity index (χ1n) is 10.1. The number of hydrogen-bond donors (Lipinski definition) is 0. The molecular formula is C21H23N5O3. The van der Waals surface area contributed by atoms with Crippen LogP contribution in [-0.2, 0) is 4.79 Å². The van der Waals surface area contributed by atoms with Crippen molar-refractivity contribution in [2.75, 3.05) is 19.6 Å². The molecule has 2 aromatic rings. The third kappa shape index (κ3) is 3.28. The zero-order valence-corrected chi connectivity index (χ0v) is 16.1. The predicted molar refractivity (Wildman–Crippen MR) is 104 cm³/mol. The number of rotatable bonds is 4. The van der Waals surface area contributed by atoms with Crippen LogP contribution in [0.3, 0.4) is 0 Å². The quantitative estimate of drug-likeness (QED) is 0.744. The third-order valence-corrected chi connectivity index (χ3v) is 5.99. The molecule has 0 spiro atoms. The molecule has 3 aliphatic rings. The Labute approximate surface area is 168 Å². The van der Waals surface area contributed by atoms with Crippen molar-refractivity contribution in [3.05, 3.63) is 48.3 Å². The number of aromatic nitrogens is 2. The van der Waals surface area contributed by atoms with E-state index < -0.39 is 0 Å². The number of urea groups is 1. The molecule has 0 unspecified atom stereocenters. The average molecular weight is 393 g/mol. The molecule has 2 saturated heterocycles. The lowest BCUT2D eigenvalue weighted by Crippen LogP contribution is -2.48. The number of amides is 4. The smallest absolute Gasteiger partial charge is 0.327 e. The lowest BCUT2D eigenvalue weighted by molar-refractivity contribution is -0.125. The standard InChI is InChI=1S/C21H23N5O3/c27-19-14-24(21(29)26(19)17-5-6-17)16-7-11-23(12-8-16)20(28)15-3-1-4-18(13-15)25-10-2-9-22-25/h1-4,9-10,13,16-17H,5-8,11-12,14H2. The van der Waals surface area contributed by atoms with E-state index in [-0.39, 0.29) is 36.5 Å². The van der Waals surface area contributed by atoms with Crippen molar-refractivity contribution in [2.24, 2.45) is 0 Å². The molecule has 29 heavy (non-hydrogen) atoms. The summed E-state index contributed by atoms with van der Waals surface area (Å²) in [6, 6.07) is 9.27. The van der Waals surface area contributed by atoms with Crippen molar-refractivity contribution in [1.29, 1.82) is 0 Å². The Morgan fingerprint density at radius 1 is 1.00 bits per heavy atom. The molecule has 0 radical (unpaired) electrons. The van der Waals surface area contributed by atoms with Gasteiger partial charge in [-0.25, -0.2) is 9.48 Å². The Kier molecular flexibility index (Phi) is 4.34. The van der Waals surface area contributed by atoms with Crippen molar-refractivity contribution < 1.29 is 14.4 Å². The molecule has 0 atom stereocenters. The zero-order valence-electron chi connectivity index (χ0n) is 16.1. The fourth-order valence-corrected chi connectivity index (χ4v) is 4.28. The van der Waals surface area contributed by atoms with Crippen LogP contribution in [0.2, 0.25) is 0 Å². The average Bonchev–Trinajstić information content (AvgIpc) is 3.32. The van der Waals surface area contributed by atoms with E-state index in [4.69, 9.17) is 0 Å². The fourth-order valence-electron chi connectivity index (χ4n) is 4.28. The molecule has 1 saturated carbocycles. The Morgan fingerprint density at radius 3 is 2.48 bits per heavy atom. The predicted octanol–water partition coefficient (Wildman–Crippen LogP) is 1.90. The second-order valence-electron chi connectivity index (χ2n) is 7.93. The van der Waals surface area contributed by atoms with E-state index in [1.165, 1.54) is 4.90 Å². The summed E-state index contributed by atoms with van der Waals surface area (Å²) in [6.07, 6.45) is 6.79. The summed E-state index contributed by atoms with van der Waals surface area (Å²) in [7, 11) is 0. The minimum Gasteiger partial charge on any atom is -0.338 e. The van der Waals surface area contributed by atoms with Gasteiger partial charge >= 0.3 is 6.03 Å². The van der Waals surface area contributed by atoms with Gasteiger partial charge in [0.2, 0.25) is 0 Å². The molecule has 1 aromatic heterocycles. The molecular weight excluding hydrogens is 370 g/mol. The van der Waals surface area contributed by atoms with Crippen LogP contribution in [0.25, 0.3) is 5.69 Å². The second kappa shape index (κ2) is 7.02. The van der Waals surface area contributed by atoms with Gasteiger partial charge in [0, 0.05) is 43.1 Å². The summed E-state index contributed by atoms with van der Waals surface area (Å²) in [4.78, 5) is 42.8. The number of carbonyl (C=O) groups excluding carboxylic acids is 3. The Hall–Kier alpha value is -3.16. The van der Waals surface area contributed by atoms with Crippen LogP contribution in [0.4, 0.5) is 4.79 Å². The van der Waals surface area contributed by atoms with Gasteiger partial charge in [0.05, 0.1) is 5.69 Å². The Balaban J connectivity index is 1.23. The first kappa shape index (κ1) is 17.9. The van der Waals surface area contributed by atoms with Gasteiger partial charge in [-0.1, -0.05) is 6.07 Å². The monoisotopic (exact) mass is 393 g/mol. The number of hydrogen-bond acceptors (Lipinski definition) is 4. The van der Waals surface area contributed by atoms with E-state index >= 15 is 0 Å². The van der Waals surface area contributed by atoms with E-state index in [9.17, 15) is 14.4 Å². The van der Waals surface area contributed by atoms with Crippen molar-refractivity contribution in [3.8, 4) is 5.69 Å². The normalized spacial score (nSPS) is 20.6. The van der Waals surface area contributed by atoms with Crippen molar-refractivity contribution >= 4 is 17.8 Å². The van der Waals surface area contributed by atoms with Crippen LogP contribution in [0.5, 0.6) is 0 Å². The van der Waals surface area contributed by atoms with Gasteiger partial charge in [-0.05, 0) is 49.9 Å². The van der Waals surface area contributed by atoms with E-state index in [0.717, 1.165) is 18.5 Å². The SMILES string of the molecule is O=C(c1cccc(-n2cccn2)c1)N1CCC(N2CC(=O)N(C3CC3)C2=O)CC1. The first-order valence-corrected chi connectivity index (χ1v) is 10.1. The third-order valence-electron chi connectivity index (χ3n) is 5.99. The first-order chi connectivity index (χ1) is 14.1. The molecule has 1 aliphatic carbocycles. The van der Waals surface area contributed by atoms with Gasteiger partial charge in [0.15, 0.2) is 0 Å². The van der Waals surface area contributed by atoms with Gasteiger partial charge < -0.3 is 9.80 Å². The molecule has 2 aliphatic heterocycles. The molecule has 8 nitrogen and oxygen atoms in total. The number of nitrogens with zero attached hydrogens (tertiary/aromatic N) is 5. The summed E-state index contributed by atoms with van der Waals surface area (Å²) in [5.41, 5.74) is 1.47. The summed E-state index contributed by atoms with van der Waals surface area (Å²) >= 11 is 0. The highest BCUT2D eigenvalue weighted by Crippen LogP contribution is 2.32. The lowest BCUT2D eigenvalue weighted by atomic mass is 10.0. The van der Waals surface area contributed by atoms with E-state index in [1.807, 2.05) is 41.4 Å². The molecule has 4 amide bonds. The van der Waals surface area contributed by atoms with Gasteiger partial charge in [-0.2, -0.15) is 5.10 Å². The molecule has 0 N–H and O–H groups in total. The molecule has 3 heterocycles. The number of carbonyl (C=O) groups is 3. The van der Waals surface area contributed by atoms with Crippen molar-refractivity contribution in [1.82, 2.24) is 24.5 Å². The maximum absolute atomic E-state index is 13.0. The molecule has 3 fully saturated rings. The number of piperidine rings is 1. The van der Waals surface area contributed by atoms with Crippen LogP contribution in [0, 0.1) is 0 Å². The highest BCUT2D eigenvalue weighted by Gasteiger charge is 2.47. The van der Waals surface area contributed by atoms with Gasteiger partial charge in [-0.15, -0.1) is 0 Å². The topological polar surface area (TPSA) is 78.8 Å². The fraction of sp³-hybridized carbons (Fsp3) is 0.429. The summed E-state index contributed by atoms with van der Waals surface area (Å²) in [6.45, 7) is 1.34. The lowest BCUT2D eigenvalue weighted by Gasteiger charge is -2.36. The Morgan fingerprint density at radius 2 is 1.79 bits per heavy atom. The summed E-state index contributed by atoms with van der Waals surface area (Å²) < 4.78 is 1.73. The van der Waals surface area contributed by atoms with Crippen LogP contribution in [0.15, 0.2) is 42.7 Å². The largest absolute Gasteiger partial charge is 0.338 e. The summed E-state index contributed by atoms with van der Waals surface area (Å²) in [5.74, 6) is -0.0904. The van der Waals surface area contributed by atoms with Crippen LogP contribution < -0.4 is 0 Å². The number of benzene rings is 1. The van der Waals surface area contributed by atoms with Gasteiger partial charge in [-0.3, -0.25) is 14.5 Å². The van der Waals surface area contributed by atoms with Crippen LogP contribution in [-0.4, -0.2) is 74.0 Å². The minimum atomic E-state index is -0.144. The van der Waals surface area contributed by atoms with Crippen molar-refractivity contribution in [2.45, 2.75) is 37.8 Å². The second-order valence-corrected chi connectivity index (χ2v) is 7.93. The molecule has 0 bridgehead atoms. The maximum atomic E-state index is 13.0. The minimum absolute atomic E-state index is 0.0131. The van der Waals surface area contributed by atoms with Gasteiger partial charge in [0.1, 0.15) is 6.54 Å².